The van der Waals surface area contributed by atoms with Gasteiger partial charge in [-0.3, -0.25) is 4.79 Å². The zero-order valence-electron chi connectivity index (χ0n) is 11.5. The van der Waals surface area contributed by atoms with Gasteiger partial charge in [-0.05, 0) is 42.5 Å². The maximum absolute atomic E-state index is 12.1. The van der Waals surface area contributed by atoms with Gasteiger partial charge >= 0.3 is 0 Å². The second-order valence-electron chi connectivity index (χ2n) is 4.97. The first-order valence-electron chi connectivity index (χ1n) is 6.60. The molecule has 3 aromatic rings. The van der Waals surface area contributed by atoms with Crippen molar-refractivity contribution in [3.63, 3.8) is 0 Å². The minimum atomic E-state index is -0.0724. The average Bonchev–Trinajstić information content (AvgIpc) is 2.43. The highest BCUT2D eigenvalue weighted by Crippen LogP contribution is 2.27. The van der Waals surface area contributed by atoms with Gasteiger partial charge in [-0.2, -0.15) is 0 Å². The molecule has 20 heavy (non-hydrogen) atoms. The molecule has 1 heterocycles. The molecule has 3 nitrogen and oxygen atoms in total. The third-order valence-corrected chi connectivity index (χ3v) is 3.54. The Balaban J connectivity index is 2.19. The van der Waals surface area contributed by atoms with Crippen LogP contribution < -0.4 is 10.9 Å². The van der Waals surface area contributed by atoms with Crippen LogP contribution in [-0.2, 0) is 0 Å². The van der Waals surface area contributed by atoms with Crippen LogP contribution in [0.4, 0.5) is 11.4 Å². The monoisotopic (exact) mass is 264 g/mol. The summed E-state index contributed by atoms with van der Waals surface area (Å²) >= 11 is 0. The molecule has 0 saturated carbocycles. The summed E-state index contributed by atoms with van der Waals surface area (Å²) in [7, 11) is 0. The number of hydrogen-bond acceptors (Lipinski definition) is 2. The van der Waals surface area contributed by atoms with Gasteiger partial charge in [-0.1, -0.05) is 30.3 Å². The van der Waals surface area contributed by atoms with Crippen LogP contribution in [0.15, 0.2) is 53.5 Å². The Morgan fingerprint density at radius 3 is 2.40 bits per heavy atom. The lowest BCUT2D eigenvalue weighted by molar-refractivity contribution is 1.27. The summed E-state index contributed by atoms with van der Waals surface area (Å²) < 4.78 is 0. The molecule has 0 aliphatic carbocycles. The SMILES string of the molecule is Cc1cccc(C)c1Nc1cccc2cc[nH]c(=O)c12. The van der Waals surface area contributed by atoms with E-state index in [0.29, 0.717) is 5.39 Å². The van der Waals surface area contributed by atoms with Crippen molar-refractivity contribution in [3.05, 3.63) is 70.1 Å². The van der Waals surface area contributed by atoms with Crippen LogP contribution in [-0.4, -0.2) is 4.98 Å². The highest BCUT2D eigenvalue weighted by molar-refractivity contribution is 5.95. The second kappa shape index (κ2) is 4.85. The fourth-order valence-electron chi connectivity index (χ4n) is 2.49. The van der Waals surface area contributed by atoms with Gasteiger partial charge < -0.3 is 10.3 Å². The Morgan fingerprint density at radius 2 is 1.65 bits per heavy atom. The van der Waals surface area contributed by atoms with E-state index in [0.717, 1.165) is 27.9 Å². The van der Waals surface area contributed by atoms with E-state index in [2.05, 4.69) is 36.3 Å². The first-order chi connectivity index (χ1) is 9.66. The second-order valence-corrected chi connectivity index (χ2v) is 4.97. The fraction of sp³-hybridized carbons (Fsp3) is 0.118. The Kier molecular flexibility index (Phi) is 3.03. The van der Waals surface area contributed by atoms with Crippen molar-refractivity contribution in [2.24, 2.45) is 0 Å². The van der Waals surface area contributed by atoms with E-state index in [1.165, 1.54) is 0 Å². The number of H-pyrrole nitrogens is 1. The molecule has 0 bridgehead atoms. The summed E-state index contributed by atoms with van der Waals surface area (Å²) in [6, 6.07) is 13.9. The molecule has 3 rings (SSSR count). The Bertz CT molecular complexity index is 808. The minimum Gasteiger partial charge on any atom is -0.354 e. The average molecular weight is 264 g/mol. The maximum Gasteiger partial charge on any atom is 0.257 e. The molecule has 0 unspecified atom stereocenters. The lowest BCUT2D eigenvalue weighted by atomic mass is 10.1. The molecule has 0 aliphatic heterocycles. The summed E-state index contributed by atoms with van der Waals surface area (Å²) in [5.74, 6) is 0. The fourth-order valence-corrected chi connectivity index (χ4v) is 2.49. The molecule has 0 spiro atoms. The van der Waals surface area contributed by atoms with Gasteiger partial charge in [0.1, 0.15) is 0 Å². The van der Waals surface area contributed by atoms with Gasteiger partial charge in [-0.25, -0.2) is 0 Å². The maximum atomic E-state index is 12.1. The number of fused-ring (bicyclic) bond motifs is 1. The van der Waals surface area contributed by atoms with Crippen LogP contribution in [0, 0.1) is 13.8 Å². The quantitative estimate of drug-likeness (QED) is 0.737. The molecule has 0 radical (unpaired) electrons. The molecule has 3 heteroatoms. The predicted molar refractivity (Wildman–Crippen MR) is 83.8 cm³/mol. The highest BCUT2D eigenvalue weighted by atomic mass is 16.1. The Morgan fingerprint density at radius 1 is 0.950 bits per heavy atom. The van der Waals surface area contributed by atoms with Crippen molar-refractivity contribution in [3.8, 4) is 0 Å². The zero-order valence-corrected chi connectivity index (χ0v) is 11.5. The zero-order chi connectivity index (χ0) is 14.1. The number of nitrogens with one attached hydrogen (secondary N) is 2. The predicted octanol–water partition coefficient (Wildman–Crippen LogP) is 3.89. The number of pyridine rings is 1. The van der Waals surface area contributed by atoms with Crippen molar-refractivity contribution in [2.45, 2.75) is 13.8 Å². The van der Waals surface area contributed by atoms with E-state index in [1.807, 2.05) is 30.3 Å². The number of aromatic amines is 1. The van der Waals surface area contributed by atoms with E-state index in [1.54, 1.807) is 6.20 Å². The van der Waals surface area contributed by atoms with Crippen LogP contribution in [0.25, 0.3) is 10.8 Å². The van der Waals surface area contributed by atoms with Crippen LogP contribution in [0.3, 0.4) is 0 Å². The Hall–Kier alpha value is -2.55. The number of aromatic nitrogens is 1. The van der Waals surface area contributed by atoms with Crippen LogP contribution in [0.1, 0.15) is 11.1 Å². The van der Waals surface area contributed by atoms with Gasteiger partial charge in [0.15, 0.2) is 0 Å². The largest absolute Gasteiger partial charge is 0.354 e. The molecule has 0 saturated heterocycles. The van der Waals surface area contributed by atoms with Crippen molar-refractivity contribution in [2.75, 3.05) is 5.32 Å². The topological polar surface area (TPSA) is 44.9 Å². The van der Waals surface area contributed by atoms with Gasteiger partial charge in [0.05, 0.1) is 11.1 Å². The van der Waals surface area contributed by atoms with E-state index in [-0.39, 0.29) is 5.56 Å². The molecule has 1 aromatic heterocycles. The number of rotatable bonds is 2. The smallest absolute Gasteiger partial charge is 0.257 e. The number of para-hydroxylation sites is 1. The molecule has 0 atom stereocenters. The Labute approximate surface area is 117 Å². The summed E-state index contributed by atoms with van der Waals surface area (Å²) in [5.41, 5.74) is 4.14. The number of anilines is 2. The molecule has 100 valence electrons. The van der Waals surface area contributed by atoms with E-state index < -0.39 is 0 Å². The third-order valence-electron chi connectivity index (χ3n) is 3.54. The van der Waals surface area contributed by atoms with Gasteiger partial charge in [0.25, 0.3) is 5.56 Å². The number of benzene rings is 2. The van der Waals surface area contributed by atoms with E-state index in [4.69, 9.17) is 0 Å². The highest BCUT2D eigenvalue weighted by Gasteiger charge is 2.07. The summed E-state index contributed by atoms with van der Waals surface area (Å²) in [4.78, 5) is 14.8. The van der Waals surface area contributed by atoms with Crippen molar-refractivity contribution >= 4 is 22.1 Å². The number of aryl methyl sites for hydroxylation is 2. The number of hydrogen-bond donors (Lipinski definition) is 2. The van der Waals surface area contributed by atoms with Crippen molar-refractivity contribution in [1.82, 2.24) is 4.98 Å². The molecule has 0 fully saturated rings. The molecule has 2 aromatic carbocycles. The minimum absolute atomic E-state index is 0.0724. The first-order valence-corrected chi connectivity index (χ1v) is 6.60. The molecule has 0 amide bonds. The van der Waals surface area contributed by atoms with E-state index >= 15 is 0 Å². The standard InChI is InChI=1S/C17H16N2O/c1-11-5-3-6-12(2)16(11)19-14-8-4-7-13-9-10-18-17(20)15(13)14/h3-10,19H,1-2H3,(H,18,20). The summed E-state index contributed by atoms with van der Waals surface area (Å²) in [6.07, 6.45) is 1.67. The van der Waals surface area contributed by atoms with Gasteiger partial charge in [-0.15, -0.1) is 0 Å². The van der Waals surface area contributed by atoms with Crippen LogP contribution in [0.5, 0.6) is 0 Å². The van der Waals surface area contributed by atoms with Crippen LogP contribution in [0.2, 0.25) is 0 Å². The van der Waals surface area contributed by atoms with Crippen molar-refractivity contribution in [1.29, 1.82) is 0 Å². The lowest BCUT2D eigenvalue weighted by Gasteiger charge is -2.14. The van der Waals surface area contributed by atoms with Gasteiger partial charge in [0.2, 0.25) is 0 Å². The third kappa shape index (κ3) is 2.07. The molecule has 0 aliphatic rings. The lowest BCUT2D eigenvalue weighted by Crippen LogP contribution is -2.07. The van der Waals surface area contributed by atoms with Gasteiger partial charge in [0, 0.05) is 11.9 Å². The summed E-state index contributed by atoms with van der Waals surface area (Å²) in [6.45, 7) is 4.12. The van der Waals surface area contributed by atoms with E-state index in [9.17, 15) is 4.79 Å². The van der Waals surface area contributed by atoms with Crippen LogP contribution >= 0.6 is 0 Å². The molecular weight excluding hydrogens is 248 g/mol. The summed E-state index contributed by atoms with van der Waals surface area (Å²) in [5, 5.41) is 5.03. The molecule has 2 N–H and O–H groups in total. The first kappa shape index (κ1) is 12.5. The normalized spacial score (nSPS) is 10.7. The van der Waals surface area contributed by atoms with Crippen molar-refractivity contribution < 1.29 is 0 Å². The molecular formula is C17H16N2O.